The number of hydrogen-bond donors (Lipinski definition) is 2. The molecule has 0 spiro atoms. The first-order chi connectivity index (χ1) is 12.3. The van der Waals surface area contributed by atoms with Gasteiger partial charge in [-0.15, -0.1) is 0 Å². The van der Waals surface area contributed by atoms with Crippen LogP contribution in [0.1, 0.15) is 11.1 Å². The second kappa shape index (κ2) is 11.2. The molecule has 25 heavy (non-hydrogen) atoms. The fourth-order valence-corrected chi connectivity index (χ4v) is 2.15. The van der Waals surface area contributed by atoms with E-state index in [1.165, 1.54) is 11.1 Å². The maximum atomic E-state index is 5.48. The molecule has 0 saturated heterocycles. The molecule has 5 heteroatoms. The van der Waals surface area contributed by atoms with Crippen molar-refractivity contribution in [1.29, 1.82) is 0 Å². The van der Waals surface area contributed by atoms with E-state index in [2.05, 4.69) is 46.8 Å². The van der Waals surface area contributed by atoms with Crippen LogP contribution in [0, 0.1) is 6.92 Å². The number of guanidine groups is 1. The van der Waals surface area contributed by atoms with Crippen LogP contribution in [-0.4, -0.2) is 39.4 Å². The van der Waals surface area contributed by atoms with Gasteiger partial charge in [-0.25, -0.2) is 4.99 Å². The number of para-hydroxylation sites is 1. The fourth-order valence-electron chi connectivity index (χ4n) is 2.15. The van der Waals surface area contributed by atoms with E-state index in [1.54, 1.807) is 7.11 Å². The van der Waals surface area contributed by atoms with Gasteiger partial charge in [0.2, 0.25) is 0 Å². The van der Waals surface area contributed by atoms with E-state index in [0.717, 1.165) is 11.6 Å². The second-order valence-electron chi connectivity index (χ2n) is 5.67. The Kier molecular flexibility index (Phi) is 8.52. The highest BCUT2D eigenvalue weighted by atomic mass is 16.5. The lowest BCUT2D eigenvalue weighted by molar-refractivity contribution is 0.0734. The first kappa shape index (κ1) is 19.0. The number of hydrogen-bond acceptors (Lipinski definition) is 3. The number of anilines is 1. The lowest BCUT2D eigenvalue weighted by Gasteiger charge is -2.13. The summed E-state index contributed by atoms with van der Waals surface area (Å²) >= 11 is 0. The zero-order valence-corrected chi connectivity index (χ0v) is 15.0. The summed E-state index contributed by atoms with van der Waals surface area (Å²) in [6, 6.07) is 18.4. The van der Waals surface area contributed by atoms with E-state index in [-0.39, 0.29) is 0 Å². The van der Waals surface area contributed by atoms with E-state index in [1.807, 2.05) is 30.3 Å². The minimum atomic E-state index is 0.597. The highest BCUT2D eigenvalue weighted by Gasteiger charge is 2.00. The Labute approximate surface area is 150 Å². The highest BCUT2D eigenvalue weighted by molar-refractivity contribution is 5.93. The summed E-state index contributed by atoms with van der Waals surface area (Å²) in [6.45, 7) is 5.18. The summed E-state index contributed by atoms with van der Waals surface area (Å²) in [5.74, 6) is 0.738. The molecule has 5 nitrogen and oxygen atoms in total. The summed E-state index contributed by atoms with van der Waals surface area (Å²) < 4.78 is 10.4. The van der Waals surface area contributed by atoms with Gasteiger partial charge in [-0.3, -0.25) is 0 Å². The van der Waals surface area contributed by atoms with Gasteiger partial charge in [0, 0.05) is 19.3 Å². The summed E-state index contributed by atoms with van der Waals surface area (Å²) in [4.78, 5) is 4.67. The maximum Gasteiger partial charge on any atom is 0.196 e. The quantitative estimate of drug-likeness (QED) is 0.418. The van der Waals surface area contributed by atoms with Gasteiger partial charge < -0.3 is 20.1 Å². The van der Waals surface area contributed by atoms with Crippen LogP contribution in [0.4, 0.5) is 5.69 Å². The number of aliphatic imine (C=N–C) groups is 1. The molecule has 0 bridgehead atoms. The Bertz CT molecular complexity index is 627. The molecule has 0 heterocycles. The van der Waals surface area contributed by atoms with E-state index < -0.39 is 0 Å². The summed E-state index contributed by atoms with van der Waals surface area (Å²) in [7, 11) is 1.67. The van der Waals surface area contributed by atoms with Crippen molar-refractivity contribution >= 4 is 11.6 Å². The molecule has 0 aromatic heterocycles. The predicted octanol–water partition coefficient (Wildman–Crippen LogP) is 3.22. The molecular weight excluding hydrogens is 314 g/mol. The number of benzene rings is 2. The number of aryl methyl sites for hydroxylation is 1. The van der Waals surface area contributed by atoms with Crippen molar-refractivity contribution in [1.82, 2.24) is 5.32 Å². The van der Waals surface area contributed by atoms with Gasteiger partial charge in [0.25, 0.3) is 0 Å². The average Bonchev–Trinajstić information content (AvgIpc) is 2.64. The lowest BCUT2D eigenvalue weighted by atomic mass is 10.1. The van der Waals surface area contributed by atoms with Crippen LogP contribution in [0.15, 0.2) is 59.6 Å². The van der Waals surface area contributed by atoms with Crippen molar-refractivity contribution in [3.8, 4) is 0 Å². The van der Waals surface area contributed by atoms with Crippen LogP contribution in [-0.2, 0) is 16.0 Å². The van der Waals surface area contributed by atoms with Crippen LogP contribution in [0.2, 0.25) is 0 Å². The number of methoxy groups -OCH3 is 1. The Morgan fingerprint density at radius 2 is 1.72 bits per heavy atom. The third-order valence-electron chi connectivity index (χ3n) is 3.55. The molecule has 2 aromatic carbocycles. The molecule has 134 valence electrons. The van der Waals surface area contributed by atoms with Crippen LogP contribution in [0.25, 0.3) is 0 Å². The number of nitrogens with zero attached hydrogens (tertiary/aromatic N) is 1. The monoisotopic (exact) mass is 341 g/mol. The summed E-state index contributed by atoms with van der Waals surface area (Å²) in [5, 5.41) is 6.62. The molecule has 0 aliphatic rings. The largest absolute Gasteiger partial charge is 0.382 e. The molecule has 0 unspecified atom stereocenters. The van der Waals surface area contributed by atoms with Crippen molar-refractivity contribution in [2.24, 2.45) is 4.99 Å². The molecule has 0 atom stereocenters. The van der Waals surface area contributed by atoms with E-state index in [9.17, 15) is 0 Å². The molecule has 0 radical (unpaired) electrons. The van der Waals surface area contributed by atoms with Crippen LogP contribution < -0.4 is 10.6 Å². The van der Waals surface area contributed by atoms with Crippen LogP contribution >= 0.6 is 0 Å². The lowest BCUT2D eigenvalue weighted by Crippen LogP contribution is -2.33. The molecule has 2 rings (SSSR count). The minimum Gasteiger partial charge on any atom is -0.382 e. The second-order valence-corrected chi connectivity index (χ2v) is 5.67. The minimum absolute atomic E-state index is 0.597. The molecule has 0 amide bonds. The van der Waals surface area contributed by atoms with Gasteiger partial charge in [0.15, 0.2) is 5.96 Å². The van der Waals surface area contributed by atoms with Gasteiger partial charge >= 0.3 is 0 Å². The molecule has 0 saturated carbocycles. The average molecular weight is 341 g/mol. The molecule has 2 aromatic rings. The van der Waals surface area contributed by atoms with Crippen molar-refractivity contribution in [2.75, 3.05) is 38.8 Å². The normalized spacial score (nSPS) is 11.4. The van der Waals surface area contributed by atoms with Gasteiger partial charge in [0.1, 0.15) is 0 Å². The fraction of sp³-hybridized carbons (Fsp3) is 0.350. The van der Waals surface area contributed by atoms with Crippen molar-refractivity contribution in [3.05, 3.63) is 65.7 Å². The molecular formula is C20H27N3O2. The summed E-state index contributed by atoms with van der Waals surface area (Å²) in [6.07, 6.45) is 0. The summed E-state index contributed by atoms with van der Waals surface area (Å²) in [5.41, 5.74) is 3.43. The number of rotatable bonds is 9. The third-order valence-corrected chi connectivity index (χ3v) is 3.55. The molecule has 0 fully saturated rings. The number of ether oxygens (including phenoxy) is 2. The number of nitrogens with one attached hydrogen (secondary N) is 2. The topological polar surface area (TPSA) is 54.9 Å². The van der Waals surface area contributed by atoms with Crippen LogP contribution in [0.5, 0.6) is 0 Å². The van der Waals surface area contributed by atoms with Crippen LogP contribution in [0.3, 0.4) is 0 Å². The maximum absolute atomic E-state index is 5.48. The Morgan fingerprint density at radius 1 is 0.960 bits per heavy atom. The SMILES string of the molecule is COCCOCCNC(=NCc1ccc(C)cc1)Nc1ccccc1. The Balaban J connectivity index is 1.90. The van der Waals surface area contributed by atoms with Gasteiger partial charge in [-0.1, -0.05) is 48.0 Å². The van der Waals surface area contributed by atoms with Crippen molar-refractivity contribution < 1.29 is 9.47 Å². The molecule has 2 N–H and O–H groups in total. The molecule has 0 aliphatic heterocycles. The van der Waals surface area contributed by atoms with Gasteiger partial charge in [-0.05, 0) is 24.6 Å². The first-order valence-electron chi connectivity index (χ1n) is 8.50. The first-order valence-corrected chi connectivity index (χ1v) is 8.50. The van der Waals surface area contributed by atoms with Gasteiger partial charge in [0.05, 0.1) is 26.4 Å². The van der Waals surface area contributed by atoms with Gasteiger partial charge in [-0.2, -0.15) is 0 Å². The predicted molar refractivity (Wildman–Crippen MR) is 103 cm³/mol. The highest BCUT2D eigenvalue weighted by Crippen LogP contribution is 2.07. The smallest absolute Gasteiger partial charge is 0.196 e. The Hall–Kier alpha value is -2.37. The standard InChI is InChI=1S/C20H27N3O2/c1-17-8-10-18(11-9-17)16-22-20(21-12-13-25-15-14-24-2)23-19-6-4-3-5-7-19/h3-11H,12-16H2,1-2H3,(H2,21,22,23). The van der Waals surface area contributed by atoms with E-state index in [0.29, 0.717) is 32.9 Å². The van der Waals surface area contributed by atoms with Crippen molar-refractivity contribution in [3.63, 3.8) is 0 Å². The zero-order valence-electron chi connectivity index (χ0n) is 15.0. The Morgan fingerprint density at radius 3 is 2.44 bits per heavy atom. The van der Waals surface area contributed by atoms with Crippen molar-refractivity contribution in [2.45, 2.75) is 13.5 Å². The third kappa shape index (κ3) is 7.83. The van der Waals surface area contributed by atoms with E-state index in [4.69, 9.17) is 9.47 Å². The van der Waals surface area contributed by atoms with E-state index >= 15 is 0 Å². The zero-order chi connectivity index (χ0) is 17.7. The molecule has 0 aliphatic carbocycles.